The quantitative estimate of drug-likeness (QED) is 0.302. The molecule has 0 saturated heterocycles. The lowest BCUT2D eigenvalue weighted by Gasteiger charge is -2.11. The molecule has 0 radical (unpaired) electrons. The zero-order valence-corrected chi connectivity index (χ0v) is 16.3. The largest absolute Gasteiger partial charge is 0.507 e. The third kappa shape index (κ3) is 1.98. The third-order valence-corrected chi connectivity index (χ3v) is 6.19. The lowest BCUT2D eigenvalue weighted by atomic mass is 10.1. The molecule has 0 aliphatic rings. The minimum atomic E-state index is 0.216. The van der Waals surface area contributed by atoms with Crippen molar-refractivity contribution in [2.45, 2.75) is 0 Å². The van der Waals surface area contributed by atoms with Crippen LogP contribution in [0.4, 0.5) is 0 Å². The Kier molecular flexibility index (Phi) is 3.17. The van der Waals surface area contributed by atoms with E-state index in [9.17, 15) is 5.11 Å². The van der Waals surface area contributed by atoms with E-state index in [1.165, 1.54) is 0 Å². The van der Waals surface area contributed by atoms with Gasteiger partial charge in [0.05, 0.1) is 26.6 Å². The predicted octanol–water partition coefficient (Wildman–Crippen LogP) is 7.15. The zero-order chi connectivity index (χ0) is 18.8. The Morgan fingerprint density at radius 2 is 1.50 bits per heavy atom. The Morgan fingerprint density at radius 1 is 0.714 bits per heavy atom. The Hall–Kier alpha value is -3.24. The first kappa shape index (κ1) is 15.8. The summed E-state index contributed by atoms with van der Waals surface area (Å²) >= 11 is 3.56. The highest BCUT2D eigenvalue weighted by Crippen LogP contribution is 2.42. The second kappa shape index (κ2) is 5.63. The van der Waals surface area contributed by atoms with Gasteiger partial charge < -0.3 is 14.1 Å². The molecule has 0 saturated carbocycles. The number of phenols is 1. The Morgan fingerprint density at radius 3 is 2.39 bits per heavy atom. The number of rotatable bonds is 1. The number of para-hydroxylation sites is 2. The normalized spacial score (nSPS) is 11.9. The molecule has 0 bridgehead atoms. The van der Waals surface area contributed by atoms with Crippen molar-refractivity contribution in [1.82, 2.24) is 4.57 Å². The maximum atomic E-state index is 10.2. The van der Waals surface area contributed by atoms with E-state index in [0.29, 0.717) is 4.47 Å². The van der Waals surface area contributed by atoms with Gasteiger partial charge in [-0.05, 0) is 52.3 Å². The number of fused-ring (bicyclic) bond motifs is 7. The van der Waals surface area contributed by atoms with Crippen molar-refractivity contribution in [3.63, 3.8) is 0 Å². The fourth-order valence-corrected chi connectivity index (χ4v) is 4.62. The van der Waals surface area contributed by atoms with Crippen LogP contribution in [0.15, 0.2) is 87.8 Å². The van der Waals surface area contributed by atoms with Crippen molar-refractivity contribution in [2.24, 2.45) is 0 Å². The van der Waals surface area contributed by atoms with Crippen LogP contribution in [0.3, 0.4) is 0 Å². The standard InChI is InChI=1S/C24H14BrNO2/c25-23-19(9-5-10-20(23)27)26-17-8-3-1-7-16(17)22-18(26)13-12-15-14-6-2-4-11-21(14)28-24(15)22/h1-13,27H. The van der Waals surface area contributed by atoms with Crippen molar-refractivity contribution in [2.75, 3.05) is 0 Å². The lowest BCUT2D eigenvalue weighted by molar-refractivity contribution is 0.471. The van der Waals surface area contributed by atoms with Gasteiger partial charge in [-0.15, -0.1) is 0 Å². The Balaban J connectivity index is 1.87. The van der Waals surface area contributed by atoms with E-state index in [1.54, 1.807) is 6.07 Å². The molecule has 6 rings (SSSR count). The molecule has 2 heterocycles. The van der Waals surface area contributed by atoms with Gasteiger partial charge in [-0.2, -0.15) is 0 Å². The molecule has 0 aliphatic heterocycles. The molecule has 0 unspecified atom stereocenters. The highest BCUT2D eigenvalue weighted by atomic mass is 79.9. The molecular weight excluding hydrogens is 414 g/mol. The van der Waals surface area contributed by atoms with Gasteiger partial charge >= 0.3 is 0 Å². The summed E-state index contributed by atoms with van der Waals surface area (Å²) in [7, 11) is 0. The number of benzene rings is 4. The van der Waals surface area contributed by atoms with Crippen LogP contribution in [0, 0.1) is 0 Å². The fourth-order valence-electron chi connectivity index (χ4n) is 4.18. The summed E-state index contributed by atoms with van der Waals surface area (Å²) in [4.78, 5) is 0. The van der Waals surface area contributed by atoms with E-state index in [0.717, 1.165) is 49.4 Å². The van der Waals surface area contributed by atoms with Crippen LogP contribution in [-0.2, 0) is 0 Å². The van der Waals surface area contributed by atoms with Crippen molar-refractivity contribution in [1.29, 1.82) is 0 Å². The molecule has 1 N–H and O–H groups in total. The van der Waals surface area contributed by atoms with Crippen LogP contribution in [-0.4, -0.2) is 9.67 Å². The molecule has 28 heavy (non-hydrogen) atoms. The van der Waals surface area contributed by atoms with E-state index in [2.05, 4.69) is 50.8 Å². The van der Waals surface area contributed by atoms with Crippen LogP contribution < -0.4 is 0 Å². The minimum absolute atomic E-state index is 0.216. The van der Waals surface area contributed by atoms with Gasteiger partial charge in [0.15, 0.2) is 0 Å². The molecule has 0 fully saturated rings. The van der Waals surface area contributed by atoms with Crippen LogP contribution >= 0.6 is 15.9 Å². The molecule has 3 nitrogen and oxygen atoms in total. The van der Waals surface area contributed by atoms with E-state index in [4.69, 9.17) is 4.42 Å². The van der Waals surface area contributed by atoms with Gasteiger partial charge in [0.25, 0.3) is 0 Å². The van der Waals surface area contributed by atoms with Gasteiger partial charge in [-0.25, -0.2) is 0 Å². The summed E-state index contributed by atoms with van der Waals surface area (Å²) in [5.41, 5.74) is 4.78. The van der Waals surface area contributed by atoms with Crippen molar-refractivity contribution in [3.8, 4) is 11.4 Å². The molecule has 0 spiro atoms. The molecule has 134 valence electrons. The summed E-state index contributed by atoms with van der Waals surface area (Å²) in [5.74, 6) is 0.216. The Bertz CT molecular complexity index is 1540. The monoisotopic (exact) mass is 427 g/mol. The molecule has 6 aromatic rings. The van der Waals surface area contributed by atoms with Gasteiger partial charge in [-0.1, -0.05) is 42.5 Å². The maximum absolute atomic E-state index is 10.2. The first-order valence-corrected chi connectivity index (χ1v) is 9.84. The van der Waals surface area contributed by atoms with E-state index >= 15 is 0 Å². The average molecular weight is 428 g/mol. The van der Waals surface area contributed by atoms with Crippen molar-refractivity contribution < 1.29 is 9.52 Å². The molecular formula is C24H14BrNO2. The van der Waals surface area contributed by atoms with Gasteiger partial charge in [0.2, 0.25) is 0 Å². The number of nitrogens with zero attached hydrogens (tertiary/aromatic N) is 1. The maximum Gasteiger partial charge on any atom is 0.145 e. The van der Waals surface area contributed by atoms with Gasteiger partial charge in [0.1, 0.15) is 16.9 Å². The SMILES string of the molecule is Oc1cccc(-n2c3ccccc3c3c4oc5ccccc5c4ccc32)c1Br. The van der Waals surface area contributed by atoms with E-state index < -0.39 is 0 Å². The molecule has 4 heteroatoms. The minimum Gasteiger partial charge on any atom is -0.507 e. The Labute approximate surface area is 168 Å². The van der Waals surface area contributed by atoms with Crippen LogP contribution in [0.25, 0.3) is 49.4 Å². The number of hydrogen-bond donors (Lipinski definition) is 1. The summed E-state index contributed by atoms with van der Waals surface area (Å²) in [6, 6.07) is 26.2. The van der Waals surface area contributed by atoms with Crippen LogP contribution in [0.5, 0.6) is 5.75 Å². The van der Waals surface area contributed by atoms with Crippen LogP contribution in [0.1, 0.15) is 0 Å². The smallest absolute Gasteiger partial charge is 0.145 e. The molecule has 2 aromatic heterocycles. The second-order valence-corrected chi connectivity index (χ2v) is 7.69. The highest BCUT2D eigenvalue weighted by molar-refractivity contribution is 9.10. The molecule has 0 atom stereocenters. The fraction of sp³-hybridized carbons (Fsp3) is 0. The number of phenolic OH excluding ortho intramolecular Hbond substituents is 1. The number of furan rings is 1. The van der Waals surface area contributed by atoms with Crippen molar-refractivity contribution in [3.05, 3.63) is 83.3 Å². The molecule has 0 amide bonds. The number of hydrogen-bond acceptors (Lipinski definition) is 2. The number of aromatic nitrogens is 1. The summed E-state index contributed by atoms with van der Waals surface area (Å²) in [6.07, 6.45) is 0. The molecule has 4 aromatic carbocycles. The summed E-state index contributed by atoms with van der Waals surface area (Å²) < 4.78 is 9.14. The average Bonchev–Trinajstić information content (AvgIpc) is 3.26. The first-order valence-electron chi connectivity index (χ1n) is 9.05. The lowest BCUT2D eigenvalue weighted by Crippen LogP contribution is -1.95. The van der Waals surface area contributed by atoms with Crippen molar-refractivity contribution >= 4 is 59.7 Å². The second-order valence-electron chi connectivity index (χ2n) is 6.90. The summed E-state index contributed by atoms with van der Waals surface area (Å²) in [6.45, 7) is 0. The third-order valence-electron chi connectivity index (χ3n) is 5.38. The van der Waals surface area contributed by atoms with Crippen LogP contribution in [0.2, 0.25) is 0 Å². The summed E-state index contributed by atoms with van der Waals surface area (Å²) in [5, 5.41) is 14.7. The van der Waals surface area contributed by atoms with Gasteiger partial charge in [0, 0.05) is 16.2 Å². The topological polar surface area (TPSA) is 38.3 Å². The molecule has 0 aliphatic carbocycles. The van der Waals surface area contributed by atoms with E-state index in [-0.39, 0.29) is 5.75 Å². The predicted molar refractivity (Wildman–Crippen MR) is 117 cm³/mol. The van der Waals surface area contributed by atoms with E-state index in [1.807, 2.05) is 42.5 Å². The van der Waals surface area contributed by atoms with Gasteiger partial charge in [-0.3, -0.25) is 0 Å². The first-order chi connectivity index (χ1) is 13.7. The zero-order valence-electron chi connectivity index (χ0n) is 14.7. The number of halogens is 1. The number of aromatic hydroxyl groups is 1. The highest BCUT2D eigenvalue weighted by Gasteiger charge is 2.19.